The van der Waals surface area contributed by atoms with Gasteiger partial charge in [0.05, 0.1) is 33.8 Å². The average molecular weight is 358 g/mol. The van der Waals surface area contributed by atoms with Crippen molar-refractivity contribution in [1.82, 2.24) is 10.3 Å². The van der Waals surface area contributed by atoms with E-state index in [1.807, 2.05) is 0 Å². The van der Waals surface area contributed by atoms with Gasteiger partial charge in [-0.1, -0.05) is 12.1 Å². The van der Waals surface area contributed by atoms with Crippen LogP contribution in [-0.2, 0) is 9.53 Å². The molecule has 138 valence electrons. The fourth-order valence-electron chi connectivity index (χ4n) is 2.47. The van der Waals surface area contributed by atoms with Crippen molar-refractivity contribution in [3.63, 3.8) is 0 Å². The van der Waals surface area contributed by atoms with Crippen molar-refractivity contribution in [2.75, 3.05) is 21.3 Å². The standard InChI is InChI=1S/C19H22N2O5/c1-12-6-5-7-14(20-12)19(23)21-15(11-18(22)26-4)13-8-9-16(24-2)17(10-13)25-3/h5-10,15H,11H2,1-4H3,(H,21,23). The number of hydrogen-bond acceptors (Lipinski definition) is 6. The number of esters is 1. The van der Waals surface area contributed by atoms with Crippen LogP contribution < -0.4 is 14.8 Å². The molecule has 0 saturated carbocycles. The third-order valence-electron chi connectivity index (χ3n) is 3.83. The molecule has 26 heavy (non-hydrogen) atoms. The van der Waals surface area contributed by atoms with Gasteiger partial charge in [0.1, 0.15) is 5.69 Å². The summed E-state index contributed by atoms with van der Waals surface area (Å²) in [7, 11) is 4.36. The quantitative estimate of drug-likeness (QED) is 0.765. The summed E-state index contributed by atoms with van der Waals surface area (Å²) in [5.74, 6) is 0.238. The van der Waals surface area contributed by atoms with E-state index < -0.39 is 12.0 Å². The minimum atomic E-state index is -0.600. The van der Waals surface area contributed by atoms with E-state index in [0.29, 0.717) is 17.1 Å². The summed E-state index contributed by atoms with van der Waals surface area (Å²) in [4.78, 5) is 28.6. The molecule has 0 radical (unpaired) electrons. The average Bonchev–Trinajstić information content (AvgIpc) is 2.66. The Balaban J connectivity index is 2.31. The van der Waals surface area contributed by atoms with E-state index in [-0.39, 0.29) is 18.0 Å². The summed E-state index contributed by atoms with van der Waals surface area (Å²) < 4.78 is 15.3. The van der Waals surface area contributed by atoms with E-state index in [0.717, 1.165) is 5.69 Å². The molecule has 0 saturated heterocycles. The van der Waals surface area contributed by atoms with Gasteiger partial charge in [-0.25, -0.2) is 4.98 Å². The number of aromatic nitrogens is 1. The molecule has 1 N–H and O–H groups in total. The topological polar surface area (TPSA) is 86.8 Å². The molecule has 1 unspecified atom stereocenters. The number of amides is 1. The van der Waals surface area contributed by atoms with Gasteiger partial charge in [0.2, 0.25) is 0 Å². The highest BCUT2D eigenvalue weighted by molar-refractivity contribution is 5.92. The lowest BCUT2D eigenvalue weighted by Gasteiger charge is -2.19. The van der Waals surface area contributed by atoms with Crippen LogP contribution in [0.25, 0.3) is 0 Å². The molecule has 0 spiro atoms. The van der Waals surface area contributed by atoms with E-state index in [2.05, 4.69) is 10.3 Å². The van der Waals surface area contributed by atoms with Gasteiger partial charge in [-0.15, -0.1) is 0 Å². The zero-order chi connectivity index (χ0) is 19.1. The van der Waals surface area contributed by atoms with Crippen LogP contribution in [0.5, 0.6) is 11.5 Å². The first-order valence-electron chi connectivity index (χ1n) is 8.01. The van der Waals surface area contributed by atoms with Crippen LogP contribution in [0.2, 0.25) is 0 Å². The number of ether oxygens (including phenoxy) is 3. The Hall–Kier alpha value is -3.09. The lowest BCUT2D eigenvalue weighted by atomic mass is 10.0. The van der Waals surface area contributed by atoms with Crippen molar-refractivity contribution < 1.29 is 23.8 Å². The van der Waals surface area contributed by atoms with Gasteiger partial charge in [0.25, 0.3) is 5.91 Å². The Morgan fingerprint density at radius 1 is 1.08 bits per heavy atom. The van der Waals surface area contributed by atoms with Crippen molar-refractivity contribution >= 4 is 11.9 Å². The largest absolute Gasteiger partial charge is 0.493 e. The Morgan fingerprint density at radius 2 is 1.81 bits per heavy atom. The fraction of sp³-hybridized carbons (Fsp3) is 0.316. The maximum absolute atomic E-state index is 12.5. The molecule has 1 aromatic heterocycles. The summed E-state index contributed by atoms with van der Waals surface area (Å²) >= 11 is 0. The van der Waals surface area contributed by atoms with Crippen molar-refractivity contribution in [3.8, 4) is 11.5 Å². The minimum Gasteiger partial charge on any atom is -0.493 e. The van der Waals surface area contributed by atoms with E-state index in [4.69, 9.17) is 14.2 Å². The molecule has 7 nitrogen and oxygen atoms in total. The molecular formula is C19H22N2O5. The molecule has 0 aliphatic heterocycles. The number of hydrogen-bond donors (Lipinski definition) is 1. The normalized spacial score (nSPS) is 11.4. The van der Waals surface area contributed by atoms with Crippen molar-refractivity contribution in [3.05, 3.63) is 53.3 Å². The molecule has 1 amide bonds. The van der Waals surface area contributed by atoms with Crippen LogP contribution in [0.15, 0.2) is 36.4 Å². The highest BCUT2D eigenvalue weighted by Crippen LogP contribution is 2.31. The zero-order valence-electron chi connectivity index (χ0n) is 15.2. The number of pyridine rings is 1. The van der Waals surface area contributed by atoms with Gasteiger partial charge in [0, 0.05) is 5.69 Å². The summed E-state index contributed by atoms with van der Waals surface area (Å²) in [6, 6.07) is 9.77. The van der Waals surface area contributed by atoms with Crippen LogP contribution in [0, 0.1) is 6.92 Å². The van der Waals surface area contributed by atoms with Crippen LogP contribution in [0.1, 0.15) is 34.2 Å². The van der Waals surface area contributed by atoms with E-state index in [1.165, 1.54) is 21.3 Å². The van der Waals surface area contributed by atoms with Gasteiger partial charge < -0.3 is 19.5 Å². The highest BCUT2D eigenvalue weighted by atomic mass is 16.5. The monoisotopic (exact) mass is 358 g/mol. The Labute approximate surface area is 152 Å². The van der Waals surface area contributed by atoms with Crippen molar-refractivity contribution in [2.45, 2.75) is 19.4 Å². The lowest BCUT2D eigenvalue weighted by molar-refractivity contribution is -0.141. The van der Waals surface area contributed by atoms with Crippen LogP contribution >= 0.6 is 0 Å². The van der Waals surface area contributed by atoms with Gasteiger partial charge in [-0.05, 0) is 36.8 Å². The number of aryl methyl sites for hydroxylation is 1. The first-order chi connectivity index (χ1) is 12.5. The second kappa shape index (κ2) is 8.84. The van der Waals surface area contributed by atoms with E-state index in [1.54, 1.807) is 43.3 Å². The first kappa shape index (κ1) is 19.2. The summed E-state index contributed by atoms with van der Waals surface area (Å²) in [6.45, 7) is 1.80. The molecule has 7 heteroatoms. The zero-order valence-corrected chi connectivity index (χ0v) is 15.2. The highest BCUT2D eigenvalue weighted by Gasteiger charge is 2.22. The Kier molecular flexibility index (Phi) is 6.54. The molecular weight excluding hydrogens is 336 g/mol. The van der Waals surface area contributed by atoms with Crippen LogP contribution in [0.3, 0.4) is 0 Å². The van der Waals surface area contributed by atoms with Crippen molar-refractivity contribution in [2.24, 2.45) is 0 Å². The maximum atomic E-state index is 12.5. The molecule has 0 aliphatic carbocycles. The summed E-state index contributed by atoms with van der Waals surface area (Å²) in [5.41, 5.74) is 1.70. The Bertz CT molecular complexity index is 791. The second-order valence-electron chi connectivity index (χ2n) is 5.58. The maximum Gasteiger partial charge on any atom is 0.307 e. The predicted molar refractivity (Wildman–Crippen MR) is 95.4 cm³/mol. The van der Waals surface area contributed by atoms with E-state index in [9.17, 15) is 9.59 Å². The summed E-state index contributed by atoms with van der Waals surface area (Å²) in [6.07, 6.45) is -0.0243. The third-order valence-corrected chi connectivity index (χ3v) is 3.83. The fourth-order valence-corrected chi connectivity index (χ4v) is 2.47. The number of carbonyl (C=O) groups is 2. The molecule has 0 fully saturated rings. The SMILES string of the molecule is COC(=O)CC(NC(=O)c1cccc(C)n1)c1ccc(OC)c(OC)c1. The number of rotatable bonds is 7. The predicted octanol–water partition coefficient (Wildman–Crippen LogP) is 2.44. The molecule has 0 aliphatic rings. The smallest absolute Gasteiger partial charge is 0.307 e. The molecule has 1 atom stereocenters. The number of nitrogens with one attached hydrogen (secondary N) is 1. The molecule has 0 bridgehead atoms. The first-order valence-corrected chi connectivity index (χ1v) is 8.01. The lowest BCUT2D eigenvalue weighted by Crippen LogP contribution is -2.31. The molecule has 1 heterocycles. The number of nitrogens with zero attached hydrogens (tertiary/aromatic N) is 1. The van der Waals surface area contributed by atoms with Crippen LogP contribution in [-0.4, -0.2) is 38.2 Å². The van der Waals surface area contributed by atoms with Gasteiger partial charge in [-0.3, -0.25) is 9.59 Å². The van der Waals surface area contributed by atoms with Crippen LogP contribution in [0.4, 0.5) is 0 Å². The Morgan fingerprint density at radius 3 is 2.42 bits per heavy atom. The molecule has 1 aromatic carbocycles. The second-order valence-corrected chi connectivity index (χ2v) is 5.58. The minimum absolute atomic E-state index is 0.0243. The number of methoxy groups -OCH3 is 3. The summed E-state index contributed by atoms with van der Waals surface area (Å²) in [5, 5.41) is 2.83. The molecule has 2 aromatic rings. The van der Waals surface area contributed by atoms with Gasteiger partial charge >= 0.3 is 5.97 Å². The van der Waals surface area contributed by atoms with E-state index >= 15 is 0 Å². The number of benzene rings is 1. The number of carbonyl (C=O) groups excluding carboxylic acids is 2. The van der Waals surface area contributed by atoms with Gasteiger partial charge in [0.15, 0.2) is 11.5 Å². The molecule has 2 rings (SSSR count). The van der Waals surface area contributed by atoms with Crippen molar-refractivity contribution in [1.29, 1.82) is 0 Å². The third kappa shape index (κ3) is 4.72. The van der Waals surface area contributed by atoms with Gasteiger partial charge in [-0.2, -0.15) is 0 Å².